The molecule has 0 amide bonds. The van der Waals surface area contributed by atoms with Gasteiger partial charge in [0, 0.05) is 43.1 Å². The number of anilines is 1. The first-order valence-corrected chi connectivity index (χ1v) is 7.25. The van der Waals surface area contributed by atoms with Crippen LogP contribution >= 0.6 is 0 Å². The minimum absolute atomic E-state index is 0.406. The Labute approximate surface area is 119 Å². The van der Waals surface area contributed by atoms with E-state index in [1.165, 1.54) is 36.1 Å². The lowest BCUT2D eigenvalue weighted by molar-refractivity contribution is 0.213. The zero-order chi connectivity index (χ0) is 13.6. The van der Waals surface area contributed by atoms with Crippen molar-refractivity contribution in [1.29, 1.82) is 0 Å². The van der Waals surface area contributed by atoms with Gasteiger partial charge in [0.15, 0.2) is 0 Å². The first kappa shape index (κ1) is 11.9. The van der Waals surface area contributed by atoms with E-state index >= 15 is 0 Å². The number of pyridine rings is 1. The van der Waals surface area contributed by atoms with Crippen LogP contribution in [0.5, 0.6) is 0 Å². The lowest BCUT2D eigenvalue weighted by atomic mass is 9.86. The maximum atomic E-state index is 5.96. The molecule has 2 N–H and O–H groups in total. The molecule has 0 atom stereocenters. The quantitative estimate of drug-likeness (QED) is 0.849. The number of fused-ring (bicyclic) bond motifs is 2. The molecule has 0 saturated heterocycles. The molecule has 2 heterocycles. The highest BCUT2D eigenvalue weighted by atomic mass is 15.1. The Morgan fingerprint density at radius 1 is 1.25 bits per heavy atom. The van der Waals surface area contributed by atoms with E-state index in [2.05, 4.69) is 34.1 Å². The minimum Gasteiger partial charge on any atom is -0.399 e. The van der Waals surface area contributed by atoms with Crippen LogP contribution in [0.25, 0.3) is 0 Å². The number of nitrogens with zero attached hydrogens (tertiary/aromatic N) is 2. The van der Waals surface area contributed by atoms with Crippen molar-refractivity contribution in [3.63, 3.8) is 0 Å². The summed E-state index contributed by atoms with van der Waals surface area (Å²) in [6, 6.07) is 10.6. The van der Waals surface area contributed by atoms with Crippen LogP contribution in [0.15, 0.2) is 42.7 Å². The monoisotopic (exact) mass is 265 g/mol. The highest BCUT2D eigenvalue weighted by Crippen LogP contribution is 2.52. The van der Waals surface area contributed by atoms with Crippen LogP contribution in [0.4, 0.5) is 5.69 Å². The fourth-order valence-electron chi connectivity index (χ4n) is 3.51. The predicted molar refractivity (Wildman–Crippen MR) is 80.1 cm³/mol. The van der Waals surface area contributed by atoms with Gasteiger partial charge in [0.25, 0.3) is 0 Å². The van der Waals surface area contributed by atoms with Gasteiger partial charge in [0.1, 0.15) is 0 Å². The Kier molecular flexibility index (Phi) is 2.57. The molecule has 1 aromatic carbocycles. The first-order chi connectivity index (χ1) is 9.75. The molecule has 2 aromatic rings. The van der Waals surface area contributed by atoms with Crippen LogP contribution in [-0.2, 0) is 18.5 Å². The van der Waals surface area contributed by atoms with Gasteiger partial charge in [0.2, 0.25) is 0 Å². The largest absolute Gasteiger partial charge is 0.399 e. The van der Waals surface area contributed by atoms with Crippen LogP contribution in [-0.4, -0.2) is 16.4 Å². The minimum atomic E-state index is 0.406. The number of nitrogen functional groups attached to an aromatic ring is 1. The van der Waals surface area contributed by atoms with E-state index in [0.29, 0.717) is 5.41 Å². The van der Waals surface area contributed by atoms with Crippen LogP contribution < -0.4 is 5.73 Å². The third-order valence-corrected chi connectivity index (χ3v) is 4.60. The van der Waals surface area contributed by atoms with E-state index in [1.54, 1.807) is 0 Å². The summed E-state index contributed by atoms with van der Waals surface area (Å²) >= 11 is 0. The van der Waals surface area contributed by atoms with E-state index < -0.39 is 0 Å². The molecule has 3 nitrogen and oxygen atoms in total. The maximum Gasteiger partial charge on any atom is 0.0317 e. The summed E-state index contributed by atoms with van der Waals surface area (Å²) in [7, 11) is 0. The summed E-state index contributed by atoms with van der Waals surface area (Å²) in [5, 5.41) is 0. The third-order valence-electron chi connectivity index (χ3n) is 4.60. The molecule has 3 heteroatoms. The molecule has 1 fully saturated rings. The van der Waals surface area contributed by atoms with E-state index in [1.807, 2.05) is 18.5 Å². The third kappa shape index (κ3) is 1.98. The van der Waals surface area contributed by atoms with Crippen LogP contribution in [0.1, 0.15) is 29.5 Å². The summed E-state index contributed by atoms with van der Waals surface area (Å²) in [5.41, 5.74) is 11.5. The van der Waals surface area contributed by atoms with Crippen LogP contribution in [0, 0.1) is 0 Å². The van der Waals surface area contributed by atoms with E-state index in [0.717, 1.165) is 18.8 Å². The number of aromatic nitrogens is 1. The second-order valence-electron chi connectivity index (χ2n) is 6.20. The van der Waals surface area contributed by atoms with Gasteiger partial charge in [-0.2, -0.15) is 0 Å². The summed E-state index contributed by atoms with van der Waals surface area (Å²) in [5.74, 6) is 0. The molecule has 20 heavy (non-hydrogen) atoms. The van der Waals surface area contributed by atoms with Gasteiger partial charge in [-0.05, 0) is 47.7 Å². The molecule has 102 valence electrons. The Bertz CT molecular complexity index is 632. The molecule has 1 aliphatic heterocycles. The zero-order valence-electron chi connectivity index (χ0n) is 11.5. The van der Waals surface area contributed by atoms with Crippen molar-refractivity contribution in [3.8, 4) is 0 Å². The van der Waals surface area contributed by atoms with E-state index in [-0.39, 0.29) is 0 Å². The van der Waals surface area contributed by atoms with Gasteiger partial charge in [0.05, 0.1) is 0 Å². The van der Waals surface area contributed by atoms with E-state index in [9.17, 15) is 0 Å². The molecule has 0 bridgehead atoms. The SMILES string of the molecule is Nc1ccc2c(c1)CN(Cc1cccnc1)CC21CC1. The topological polar surface area (TPSA) is 42.1 Å². The Hall–Kier alpha value is -1.87. The fourth-order valence-corrected chi connectivity index (χ4v) is 3.51. The van der Waals surface area contributed by atoms with Gasteiger partial charge in [-0.15, -0.1) is 0 Å². The molecular formula is C17H19N3. The fraction of sp³-hybridized carbons (Fsp3) is 0.353. The first-order valence-electron chi connectivity index (χ1n) is 7.25. The summed E-state index contributed by atoms with van der Waals surface area (Å²) in [6.45, 7) is 3.14. The molecule has 0 unspecified atom stereocenters. The second-order valence-corrected chi connectivity index (χ2v) is 6.20. The van der Waals surface area contributed by atoms with Crippen LogP contribution in [0.2, 0.25) is 0 Å². The van der Waals surface area contributed by atoms with Gasteiger partial charge in [-0.25, -0.2) is 0 Å². The average molecular weight is 265 g/mol. The summed E-state index contributed by atoms with van der Waals surface area (Å²) < 4.78 is 0. The Balaban J connectivity index is 1.63. The molecule has 1 saturated carbocycles. The van der Waals surface area contributed by atoms with Crippen LogP contribution in [0.3, 0.4) is 0 Å². The normalized spacial score (nSPS) is 19.8. The smallest absolute Gasteiger partial charge is 0.0317 e. The second kappa shape index (κ2) is 4.32. The van der Waals surface area contributed by atoms with Crippen molar-refractivity contribution >= 4 is 5.69 Å². The van der Waals surface area contributed by atoms with Crippen molar-refractivity contribution < 1.29 is 0 Å². The molecule has 4 rings (SSSR count). The van der Waals surface area contributed by atoms with Crippen molar-refractivity contribution in [2.24, 2.45) is 0 Å². The highest BCUT2D eigenvalue weighted by molar-refractivity contribution is 5.50. The number of hydrogen-bond acceptors (Lipinski definition) is 3. The number of nitrogens with two attached hydrogens (primary N) is 1. The van der Waals surface area contributed by atoms with Gasteiger partial charge >= 0.3 is 0 Å². The molecule has 2 aliphatic rings. The Morgan fingerprint density at radius 2 is 2.15 bits per heavy atom. The Morgan fingerprint density at radius 3 is 2.90 bits per heavy atom. The van der Waals surface area contributed by atoms with Crippen molar-refractivity contribution in [1.82, 2.24) is 9.88 Å². The maximum absolute atomic E-state index is 5.96. The molecule has 1 aliphatic carbocycles. The van der Waals surface area contributed by atoms with Gasteiger partial charge in [-0.3, -0.25) is 9.88 Å². The summed E-state index contributed by atoms with van der Waals surface area (Å²) in [4.78, 5) is 6.75. The van der Waals surface area contributed by atoms with Gasteiger partial charge in [-0.1, -0.05) is 12.1 Å². The van der Waals surface area contributed by atoms with Crippen molar-refractivity contribution in [3.05, 3.63) is 59.4 Å². The standard InChI is InChI=1S/C17H19N3/c18-15-3-4-16-14(8-15)11-20(12-17(16)5-6-17)10-13-2-1-7-19-9-13/h1-4,7-9H,5-6,10-12,18H2. The van der Waals surface area contributed by atoms with Crippen molar-refractivity contribution in [2.75, 3.05) is 12.3 Å². The van der Waals surface area contributed by atoms with Crippen molar-refractivity contribution in [2.45, 2.75) is 31.3 Å². The molecule has 1 spiro atoms. The lowest BCUT2D eigenvalue weighted by Crippen LogP contribution is -2.37. The summed E-state index contributed by atoms with van der Waals surface area (Å²) in [6.07, 6.45) is 6.42. The number of hydrogen-bond donors (Lipinski definition) is 1. The number of rotatable bonds is 2. The number of benzene rings is 1. The lowest BCUT2D eigenvalue weighted by Gasteiger charge is -2.35. The zero-order valence-corrected chi connectivity index (χ0v) is 11.5. The average Bonchev–Trinajstić information content (AvgIpc) is 3.19. The van der Waals surface area contributed by atoms with E-state index in [4.69, 9.17) is 5.73 Å². The molecule has 1 aromatic heterocycles. The molecular weight excluding hydrogens is 246 g/mol. The molecule has 0 radical (unpaired) electrons. The highest BCUT2D eigenvalue weighted by Gasteiger charge is 2.48. The predicted octanol–water partition coefficient (Wildman–Crippen LogP) is 2.71. The van der Waals surface area contributed by atoms with Gasteiger partial charge < -0.3 is 5.73 Å².